The molecule has 9 heteroatoms. The van der Waals surface area contributed by atoms with Crippen molar-refractivity contribution in [2.75, 3.05) is 34.4 Å². The van der Waals surface area contributed by atoms with Crippen molar-refractivity contribution in [2.45, 2.75) is 19.1 Å². The lowest BCUT2D eigenvalue weighted by Crippen LogP contribution is -2.49. The molecule has 0 fully saturated rings. The molecule has 0 saturated heterocycles. The van der Waals surface area contributed by atoms with Crippen LogP contribution in [0.1, 0.15) is 12.5 Å². The molecule has 128 valence electrons. The zero-order valence-corrected chi connectivity index (χ0v) is 13.5. The van der Waals surface area contributed by atoms with Gasteiger partial charge >= 0.3 is 0 Å². The third kappa shape index (κ3) is 2.34. The lowest BCUT2D eigenvalue weighted by Gasteiger charge is -2.34. The second-order valence-electron chi connectivity index (χ2n) is 5.93. The molecular formula is C16H16FN7O. The molecule has 2 unspecified atom stereocenters. The van der Waals surface area contributed by atoms with E-state index in [1.54, 1.807) is 6.07 Å². The number of halogens is 1. The highest BCUT2D eigenvalue weighted by Gasteiger charge is 2.38. The van der Waals surface area contributed by atoms with E-state index in [1.165, 1.54) is 12.4 Å². The first-order valence-electron chi connectivity index (χ1n) is 7.85. The van der Waals surface area contributed by atoms with Crippen LogP contribution in [-0.2, 0) is 0 Å². The summed E-state index contributed by atoms with van der Waals surface area (Å²) in [5.41, 5.74) is 7.48. The Bertz CT molecular complexity index is 882. The Kier molecular flexibility index (Phi) is 3.46. The molecule has 0 spiro atoms. The molecule has 2 atom stereocenters. The Balaban J connectivity index is 1.63. The van der Waals surface area contributed by atoms with Gasteiger partial charge in [-0.2, -0.15) is 5.26 Å². The molecule has 1 aromatic heterocycles. The summed E-state index contributed by atoms with van der Waals surface area (Å²) in [6.45, 7) is 2.99. The summed E-state index contributed by atoms with van der Waals surface area (Å²) in [5, 5.41) is 15.8. The minimum Gasteiger partial charge on any atom is -0.486 e. The largest absolute Gasteiger partial charge is 0.486 e. The van der Waals surface area contributed by atoms with Gasteiger partial charge in [-0.1, -0.05) is 0 Å². The third-order valence-electron chi connectivity index (χ3n) is 4.41. The van der Waals surface area contributed by atoms with Crippen LogP contribution in [0, 0.1) is 17.1 Å². The molecule has 4 rings (SSSR count). The highest BCUT2D eigenvalue weighted by molar-refractivity contribution is 5.83. The highest BCUT2D eigenvalue weighted by Crippen LogP contribution is 2.46. The monoisotopic (exact) mass is 341 g/mol. The molecule has 8 nitrogen and oxygen atoms in total. The molecule has 3 heterocycles. The number of nitrogens with two attached hydrogens (primary N) is 1. The van der Waals surface area contributed by atoms with Crippen molar-refractivity contribution in [3.63, 3.8) is 0 Å². The summed E-state index contributed by atoms with van der Waals surface area (Å²) in [4.78, 5) is 10.0. The Hall–Kier alpha value is -3.28. The molecule has 2 aromatic rings. The maximum atomic E-state index is 14.0. The van der Waals surface area contributed by atoms with Gasteiger partial charge in [-0.05, 0) is 19.1 Å². The lowest BCUT2D eigenvalue weighted by molar-refractivity contribution is 0.288. The number of rotatable bonds is 3. The summed E-state index contributed by atoms with van der Waals surface area (Å²) in [6.07, 6.45) is 1.16. The topological polar surface area (TPSA) is 112 Å². The van der Waals surface area contributed by atoms with Gasteiger partial charge in [0.05, 0.1) is 18.3 Å². The van der Waals surface area contributed by atoms with Crippen molar-refractivity contribution < 1.29 is 9.13 Å². The van der Waals surface area contributed by atoms with E-state index in [-0.39, 0.29) is 35.2 Å². The summed E-state index contributed by atoms with van der Waals surface area (Å²) >= 11 is 0. The summed E-state index contributed by atoms with van der Waals surface area (Å²) in [6, 6.07) is 4.96. The number of nitriles is 1. The van der Waals surface area contributed by atoms with E-state index in [0.717, 1.165) is 11.4 Å². The number of aromatic nitrogens is 2. The number of anilines is 4. The fraction of sp³-hybridized carbons (Fsp3) is 0.312. The van der Waals surface area contributed by atoms with Crippen LogP contribution >= 0.6 is 0 Å². The van der Waals surface area contributed by atoms with Crippen molar-refractivity contribution in [1.82, 2.24) is 9.97 Å². The maximum absolute atomic E-state index is 14.0. The number of hydrogen-bond acceptors (Lipinski definition) is 8. The fourth-order valence-electron chi connectivity index (χ4n) is 3.27. The van der Waals surface area contributed by atoms with E-state index in [2.05, 4.69) is 25.5 Å². The number of nitrogens with zero attached hydrogens (tertiary/aromatic N) is 4. The minimum atomic E-state index is -0.373. The van der Waals surface area contributed by atoms with E-state index in [1.807, 2.05) is 13.0 Å². The van der Waals surface area contributed by atoms with Gasteiger partial charge in [0.25, 0.3) is 0 Å². The zero-order valence-electron chi connectivity index (χ0n) is 13.5. The molecule has 2 aliphatic rings. The molecular weight excluding hydrogens is 325 g/mol. The number of hydrogen-bond donors (Lipinski definition) is 3. The number of nitrogens with one attached hydrogen (secondary N) is 2. The highest BCUT2D eigenvalue weighted by atomic mass is 19.1. The summed E-state index contributed by atoms with van der Waals surface area (Å²) in [7, 11) is 0. The smallest absolute Gasteiger partial charge is 0.180 e. The van der Waals surface area contributed by atoms with Crippen molar-refractivity contribution in [3.8, 4) is 11.8 Å². The molecule has 0 amide bonds. The summed E-state index contributed by atoms with van der Waals surface area (Å²) < 4.78 is 19.5. The van der Waals surface area contributed by atoms with Crippen LogP contribution in [0.25, 0.3) is 0 Å². The van der Waals surface area contributed by atoms with Gasteiger partial charge in [-0.3, -0.25) is 0 Å². The average Bonchev–Trinajstić information content (AvgIpc) is 2.99. The van der Waals surface area contributed by atoms with Crippen molar-refractivity contribution in [1.29, 1.82) is 5.26 Å². The number of benzene rings is 1. The Labute approximate surface area is 143 Å². The van der Waals surface area contributed by atoms with E-state index >= 15 is 0 Å². The summed E-state index contributed by atoms with van der Waals surface area (Å²) in [5.74, 6) is 0.405. The van der Waals surface area contributed by atoms with Gasteiger partial charge in [0, 0.05) is 0 Å². The van der Waals surface area contributed by atoms with Crippen LogP contribution in [0.15, 0.2) is 18.5 Å². The molecule has 25 heavy (non-hydrogen) atoms. The van der Waals surface area contributed by atoms with Gasteiger partial charge in [0.2, 0.25) is 0 Å². The first-order chi connectivity index (χ1) is 12.1. The van der Waals surface area contributed by atoms with Crippen LogP contribution in [-0.4, -0.2) is 35.3 Å². The predicted octanol–water partition coefficient (Wildman–Crippen LogP) is 1.52. The fourth-order valence-corrected chi connectivity index (χ4v) is 3.27. The standard InChI is InChI=1S/C16H16FN7O/c1-8(22-15-9(6-18)14(19)20-7-21-15)16-23-11-3-2-10(17)13-12(11)24(16)4-5-25-13/h2-3,7-8,16,23H,4-5H2,1H3,(H3,19,20,21,22). The van der Waals surface area contributed by atoms with E-state index < -0.39 is 0 Å². The van der Waals surface area contributed by atoms with Crippen LogP contribution in [0.4, 0.5) is 27.4 Å². The first-order valence-corrected chi connectivity index (χ1v) is 7.85. The third-order valence-corrected chi connectivity index (χ3v) is 4.41. The number of ether oxygens (including phenoxy) is 1. The number of nitrogen functional groups attached to an aromatic ring is 1. The van der Waals surface area contributed by atoms with E-state index in [9.17, 15) is 9.65 Å². The first kappa shape index (κ1) is 15.3. The SMILES string of the molecule is CC(Nc1ncnc(N)c1C#N)C1Nc2ccc(F)c3c2N1CCO3. The van der Waals surface area contributed by atoms with Crippen LogP contribution < -0.4 is 26.0 Å². The molecule has 2 aliphatic heterocycles. The second-order valence-corrected chi connectivity index (χ2v) is 5.93. The quantitative estimate of drug-likeness (QED) is 0.770. The average molecular weight is 341 g/mol. The van der Waals surface area contributed by atoms with Crippen molar-refractivity contribution in [2.24, 2.45) is 0 Å². The minimum absolute atomic E-state index is 0.130. The molecule has 0 bridgehead atoms. The molecule has 1 aromatic carbocycles. The van der Waals surface area contributed by atoms with Gasteiger partial charge in [-0.15, -0.1) is 0 Å². The van der Waals surface area contributed by atoms with Crippen molar-refractivity contribution >= 4 is 23.0 Å². The maximum Gasteiger partial charge on any atom is 0.180 e. The molecule has 4 N–H and O–H groups in total. The Morgan fingerprint density at radius 2 is 2.36 bits per heavy atom. The van der Waals surface area contributed by atoms with Crippen LogP contribution in [0.5, 0.6) is 5.75 Å². The van der Waals surface area contributed by atoms with E-state index in [0.29, 0.717) is 19.0 Å². The van der Waals surface area contributed by atoms with Gasteiger partial charge < -0.3 is 26.0 Å². The molecule has 0 radical (unpaired) electrons. The van der Waals surface area contributed by atoms with Gasteiger partial charge in [-0.25, -0.2) is 14.4 Å². The van der Waals surface area contributed by atoms with Gasteiger partial charge in [0.1, 0.15) is 48.1 Å². The van der Waals surface area contributed by atoms with E-state index in [4.69, 9.17) is 10.5 Å². The Morgan fingerprint density at radius 3 is 3.16 bits per heavy atom. The molecule has 0 saturated carbocycles. The second kappa shape index (κ2) is 5.66. The molecule has 0 aliphatic carbocycles. The van der Waals surface area contributed by atoms with Crippen molar-refractivity contribution in [3.05, 3.63) is 29.8 Å². The van der Waals surface area contributed by atoms with Crippen LogP contribution in [0.2, 0.25) is 0 Å². The van der Waals surface area contributed by atoms with Crippen LogP contribution in [0.3, 0.4) is 0 Å². The lowest BCUT2D eigenvalue weighted by atomic mass is 10.2. The zero-order chi connectivity index (χ0) is 17.6. The predicted molar refractivity (Wildman–Crippen MR) is 90.9 cm³/mol. The Morgan fingerprint density at radius 1 is 1.52 bits per heavy atom. The van der Waals surface area contributed by atoms with Gasteiger partial charge in [0.15, 0.2) is 11.6 Å². The normalized spacial score (nSPS) is 18.6.